The number of hydrogen-bond donors (Lipinski definition) is 0. The second kappa shape index (κ2) is 3.62. The summed E-state index contributed by atoms with van der Waals surface area (Å²) in [5.74, 6) is 1.12. The third-order valence-electron chi connectivity index (χ3n) is 1.73. The second-order valence-electron chi connectivity index (χ2n) is 2.74. The molecule has 0 spiro atoms. The highest BCUT2D eigenvalue weighted by molar-refractivity contribution is 5.79. The first kappa shape index (κ1) is 8.63. The third kappa shape index (κ3) is 2.61. The van der Waals surface area contributed by atoms with E-state index in [0.29, 0.717) is 11.7 Å². The smallest absolute Gasteiger partial charge is 0.133 e. The van der Waals surface area contributed by atoms with E-state index in [0.717, 1.165) is 19.3 Å². The van der Waals surface area contributed by atoms with Gasteiger partial charge in [-0.1, -0.05) is 6.92 Å². The van der Waals surface area contributed by atoms with Crippen molar-refractivity contribution in [3.63, 3.8) is 0 Å². The van der Waals surface area contributed by atoms with Gasteiger partial charge in [0.25, 0.3) is 0 Å². The lowest BCUT2D eigenvalue weighted by Gasteiger charge is -2.14. The fourth-order valence-corrected chi connectivity index (χ4v) is 1.24. The Morgan fingerprint density at radius 2 is 2.22 bits per heavy atom. The predicted octanol–water partition coefficient (Wildman–Crippen LogP) is 0.941. The minimum atomic E-state index is 0. The van der Waals surface area contributed by atoms with Crippen molar-refractivity contribution in [2.75, 3.05) is 0 Å². The molecule has 0 bridgehead atoms. The monoisotopic (exact) mass is 130 g/mol. The summed E-state index contributed by atoms with van der Waals surface area (Å²) in [4.78, 5) is 10.7. The van der Waals surface area contributed by atoms with Crippen molar-refractivity contribution in [1.29, 1.82) is 0 Å². The molecule has 1 aliphatic carbocycles. The van der Waals surface area contributed by atoms with Crippen LogP contribution in [0.3, 0.4) is 0 Å². The first-order valence-electron chi connectivity index (χ1n) is 3.31. The van der Waals surface area contributed by atoms with Crippen molar-refractivity contribution in [1.82, 2.24) is 0 Å². The van der Waals surface area contributed by atoms with Gasteiger partial charge in [-0.2, -0.15) is 0 Å². The van der Waals surface area contributed by atoms with E-state index in [1.54, 1.807) is 0 Å². The Morgan fingerprint density at radius 3 is 2.56 bits per heavy atom. The predicted molar refractivity (Wildman–Crippen MR) is 36.3 cm³/mol. The van der Waals surface area contributed by atoms with Gasteiger partial charge in [0.1, 0.15) is 5.78 Å². The van der Waals surface area contributed by atoms with E-state index in [1.807, 2.05) is 0 Å². The highest BCUT2D eigenvalue weighted by atomic mass is 16.1. The summed E-state index contributed by atoms with van der Waals surface area (Å²) in [5, 5.41) is 0. The Hall–Kier alpha value is -0.370. The molecule has 0 saturated heterocycles. The Kier molecular flexibility index (Phi) is 3.47. The van der Waals surface area contributed by atoms with E-state index in [2.05, 4.69) is 6.92 Å². The zero-order valence-corrected chi connectivity index (χ0v) is 5.81. The molecule has 0 amide bonds. The molecule has 0 aliphatic heterocycles. The van der Waals surface area contributed by atoms with Crippen LogP contribution in [0.15, 0.2) is 0 Å². The molecule has 1 aliphatic rings. The topological polar surface area (TPSA) is 48.6 Å². The van der Waals surface area contributed by atoms with Gasteiger partial charge in [-0.15, -0.1) is 0 Å². The quantitative estimate of drug-likeness (QED) is 0.481. The minimum Gasteiger partial charge on any atom is -0.412 e. The van der Waals surface area contributed by atoms with Gasteiger partial charge < -0.3 is 5.48 Å². The molecule has 1 saturated carbocycles. The Morgan fingerprint density at radius 1 is 1.56 bits per heavy atom. The second-order valence-corrected chi connectivity index (χ2v) is 2.74. The summed E-state index contributed by atoms with van der Waals surface area (Å²) < 4.78 is 0. The van der Waals surface area contributed by atoms with Gasteiger partial charge in [-0.05, 0) is 18.8 Å². The lowest BCUT2D eigenvalue weighted by molar-refractivity contribution is -0.121. The molecule has 2 heteroatoms. The molecule has 2 nitrogen and oxygen atoms in total. The van der Waals surface area contributed by atoms with Crippen LogP contribution in [-0.2, 0) is 4.79 Å². The molecule has 1 atom stereocenters. The maximum atomic E-state index is 10.7. The van der Waals surface area contributed by atoms with Crippen LogP contribution in [0.2, 0.25) is 0 Å². The SMILES string of the molecule is CC1CCCC(=O)C1.O. The van der Waals surface area contributed by atoms with E-state index < -0.39 is 0 Å². The Labute approximate surface area is 55.6 Å². The molecule has 1 rings (SSSR count). The highest BCUT2D eigenvalue weighted by Crippen LogP contribution is 2.19. The summed E-state index contributed by atoms with van der Waals surface area (Å²) >= 11 is 0. The van der Waals surface area contributed by atoms with Crippen molar-refractivity contribution >= 4 is 5.78 Å². The van der Waals surface area contributed by atoms with E-state index in [4.69, 9.17) is 0 Å². The largest absolute Gasteiger partial charge is 0.412 e. The van der Waals surface area contributed by atoms with Gasteiger partial charge in [0, 0.05) is 12.8 Å². The van der Waals surface area contributed by atoms with Crippen LogP contribution in [-0.4, -0.2) is 11.3 Å². The summed E-state index contributed by atoms with van der Waals surface area (Å²) in [5.41, 5.74) is 0. The molecule has 54 valence electrons. The molecule has 0 radical (unpaired) electrons. The fourth-order valence-electron chi connectivity index (χ4n) is 1.24. The van der Waals surface area contributed by atoms with Crippen molar-refractivity contribution in [3.05, 3.63) is 0 Å². The molecule has 0 aromatic heterocycles. The summed E-state index contributed by atoms with van der Waals surface area (Å²) in [7, 11) is 0. The number of Topliss-reactive ketones (excluding diaryl/α,β-unsaturated/α-hetero) is 1. The summed E-state index contributed by atoms with van der Waals surface area (Å²) in [6.45, 7) is 2.15. The van der Waals surface area contributed by atoms with Crippen LogP contribution in [0.25, 0.3) is 0 Å². The van der Waals surface area contributed by atoms with Gasteiger partial charge in [-0.3, -0.25) is 4.79 Å². The zero-order chi connectivity index (χ0) is 5.98. The minimum absolute atomic E-state index is 0. The maximum Gasteiger partial charge on any atom is 0.133 e. The first-order valence-corrected chi connectivity index (χ1v) is 3.31. The van der Waals surface area contributed by atoms with Crippen LogP contribution in [0.5, 0.6) is 0 Å². The van der Waals surface area contributed by atoms with Crippen LogP contribution < -0.4 is 0 Å². The van der Waals surface area contributed by atoms with Crippen molar-refractivity contribution in [3.8, 4) is 0 Å². The highest BCUT2D eigenvalue weighted by Gasteiger charge is 2.14. The van der Waals surface area contributed by atoms with Crippen LogP contribution in [0, 0.1) is 5.92 Å². The molecular formula is C7H14O2. The van der Waals surface area contributed by atoms with Crippen molar-refractivity contribution < 1.29 is 10.3 Å². The molecule has 1 fully saturated rings. The van der Waals surface area contributed by atoms with Gasteiger partial charge in [-0.25, -0.2) is 0 Å². The molecule has 2 N–H and O–H groups in total. The Bertz CT molecular complexity index is 99.1. The molecule has 0 aromatic rings. The van der Waals surface area contributed by atoms with Gasteiger partial charge in [0.2, 0.25) is 0 Å². The molecule has 9 heavy (non-hydrogen) atoms. The standard InChI is InChI=1S/C7H12O.H2O/c1-6-3-2-4-7(8)5-6;/h6H,2-5H2,1H3;1H2. The number of hydrogen-bond acceptors (Lipinski definition) is 1. The van der Waals surface area contributed by atoms with E-state index in [1.165, 1.54) is 6.42 Å². The van der Waals surface area contributed by atoms with Crippen LogP contribution in [0.1, 0.15) is 32.6 Å². The lowest BCUT2D eigenvalue weighted by atomic mass is 9.90. The third-order valence-corrected chi connectivity index (χ3v) is 1.73. The number of carbonyl (C=O) groups excluding carboxylic acids is 1. The maximum absolute atomic E-state index is 10.7. The molecule has 0 heterocycles. The zero-order valence-electron chi connectivity index (χ0n) is 5.81. The average Bonchev–Trinajstić information content (AvgIpc) is 1.64. The van der Waals surface area contributed by atoms with E-state index in [-0.39, 0.29) is 5.48 Å². The summed E-state index contributed by atoms with van der Waals surface area (Å²) in [6, 6.07) is 0. The van der Waals surface area contributed by atoms with Crippen molar-refractivity contribution in [2.24, 2.45) is 5.92 Å². The first-order chi connectivity index (χ1) is 3.79. The fraction of sp³-hybridized carbons (Fsp3) is 0.857. The molecule has 1 unspecified atom stereocenters. The Balaban J connectivity index is 0.000000640. The van der Waals surface area contributed by atoms with E-state index >= 15 is 0 Å². The number of ketones is 1. The van der Waals surface area contributed by atoms with Gasteiger partial charge >= 0.3 is 0 Å². The normalized spacial score (nSPS) is 27.2. The van der Waals surface area contributed by atoms with Crippen LogP contribution >= 0.6 is 0 Å². The average molecular weight is 130 g/mol. The lowest BCUT2D eigenvalue weighted by Crippen LogP contribution is -2.11. The molecular weight excluding hydrogens is 116 g/mol. The van der Waals surface area contributed by atoms with E-state index in [9.17, 15) is 4.79 Å². The molecule has 0 aromatic carbocycles. The number of rotatable bonds is 0. The summed E-state index contributed by atoms with van der Waals surface area (Å²) in [6.07, 6.45) is 4.05. The van der Waals surface area contributed by atoms with Gasteiger partial charge in [0.15, 0.2) is 0 Å². The van der Waals surface area contributed by atoms with Gasteiger partial charge in [0.05, 0.1) is 0 Å². The van der Waals surface area contributed by atoms with Crippen LogP contribution in [0.4, 0.5) is 0 Å². The van der Waals surface area contributed by atoms with Crippen molar-refractivity contribution in [2.45, 2.75) is 32.6 Å². The number of carbonyl (C=O) groups is 1.